The van der Waals surface area contributed by atoms with E-state index in [0.717, 1.165) is 37.0 Å². The highest BCUT2D eigenvalue weighted by Gasteiger charge is 2.61. The summed E-state index contributed by atoms with van der Waals surface area (Å²) < 4.78 is 0. The molecule has 2 N–H and O–H groups in total. The van der Waals surface area contributed by atoms with Crippen LogP contribution in [-0.2, 0) is 4.79 Å². The molecule has 3 heteroatoms. The average molecular weight is 444 g/mol. The maximum absolute atomic E-state index is 12.2. The minimum atomic E-state index is -0.208. The Labute approximate surface area is 197 Å². The van der Waals surface area contributed by atoms with Crippen LogP contribution in [0.4, 0.5) is 0 Å². The Kier molecular flexibility index (Phi) is 6.90. The summed E-state index contributed by atoms with van der Waals surface area (Å²) in [6.07, 6.45) is 14.4. The zero-order valence-corrected chi connectivity index (χ0v) is 21.6. The largest absolute Gasteiger partial charge is 0.393 e. The quantitative estimate of drug-likeness (QED) is 0.460. The molecule has 4 aliphatic carbocycles. The van der Waals surface area contributed by atoms with Gasteiger partial charge in [-0.3, -0.25) is 4.79 Å². The van der Waals surface area contributed by atoms with Gasteiger partial charge in [0.2, 0.25) is 5.91 Å². The third-order valence-electron chi connectivity index (χ3n) is 10.7. The maximum Gasteiger partial charge on any atom is 0.217 e. The van der Waals surface area contributed by atoms with Crippen molar-refractivity contribution in [3.63, 3.8) is 0 Å². The standard InChI is InChI=1S/C29H49NO2/c1-18(2)8-7-9-19(3)23-10-11-24-27-25(13-15-29(23,24)6)28(5)14-12-22(32)16-21(28)17-26(27)30-20(4)31/h17-19,22-27,32H,7-16H2,1-6H3,(H,30,31)/t19-,22+,23+,24-,25-,26-,27-,28+,29+/m1/s1. The summed E-state index contributed by atoms with van der Waals surface area (Å²) in [7, 11) is 0. The van der Waals surface area contributed by atoms with Gasteiger partial charge in [0.25, 0.3) is 0 Å². The summed E-state index contributed by atoms with van der Waals surface area (Å²) in [6.45, 7) is 14.0. The van der Waals surface area contributed by atoms with Crippen molar-refractivity contribution in [1.82, 2.24) is 5.32 Å². The average Bonchev–Trinajstić information content (AvgIpc) is 3.05. The van der Waals surface area contributed by atoms with Crippen LogP contribution in [-0.4, -0.2) is 23.2 Å². The van der Waals surface area contributed by atoms with Gasteiger partial charge in [-0.15, -0.1) is 0 Å². The number of aliphatic hydroxyl groups excluding tert-OH is 1. The van der Waals surface area contributed by atoms with E-state index in [-0.39, 0.29) is 23.5 Å². The topological polar surface area (TPSA) is 49.3 Å². The molecule has 0 radical (unpaired) electrons. The molecule has 182 valence electrons. The second-order valence-corrected chi connectivity index (χ2v) is 13.1. The molecule has 0 aromatic rings. The minimum Gasteiger partial charge on any atom is -0.393 e. The van der Waals surface area contributed by atoms with Crippen LogP contribution < -0.4 is 5.32 Å². The summed E-state index contributed by atoms with van der Waals surface area (Å²) >= 11 is 0. The Morgan fingerprint density at radius 2 is 1.84 bits per heavy atom. The lowest BCUT2D eigenvalue weighted by Crippen LogP contribution is -2.58. The Morgan fingerprint density at radius 1 is 1.09 bits per heavy atom. The molecule has 3 saturated carbocycles. The van der Waals surface area contributed by atoms with Crippen LogP contribution in [0.1, 0.15) is 106 Å². The molecule has 0 bridgehead atoms. The smallest absolute Gasteiger partial charge is 0.217 e. The van der Waals surface area contributed by atoms with E-state index in [9.17, 15) is 9.90 Å². The highest BCUT2D eigenvalue weighted by atomic mass is 16.3. The molecule has 0 aliphatic heterocycles. The molecule has 0 unspecified atom stereocenters. The van der Waals surface area contributed by atoms with Crippen LogP contribution in [0.15, 0.2) is 11.6 Å². The number of hydrogen-bond acceptors (Lipinski definition) is 2. The van der Waals surface area contributed by atoms with Crippen molar-refractivity contribution < 1.29 is 9.90 Å². The predicted octanol–water partition coefficient (Wildman–Crippen LogP) is 6.50. The van der Waals surface area contributed by atoms with Gasteiger partial charge >= 0.3 is 0 Å². The van der Waals surface area contributed by atoms with Crippen LogP contribution in [0.25, 0.3) is 0 Å². The van der Waals surface area contributed by atoms with E-state index in [2.05, 4.69) is 46.0 Å². The van der Waals surface area contributed by atoms with E-state index in [1.54, 1.807) is 6.92 Å². The molecule has 0 saturated heterocycles. The van der Waals surface area contributed by atoms with Crippen LogP contribution >= 0.6 is 0 Å². The monoisotopic (exact) mass is 443 g/mol. The molecule has 9 atom stereocenters. The number of fused-ring (bicyclic) bond motifs is 5. The third-order valence-corrected chi connectivity index (χ3v) is 10.7. The van der Waals surface area contributed by atoms with E-state index in [4.69, 9.17) is 0 Å². The van der Waals surface area contributed by atoms with Gasteiger partial charge < -0.3 is 10.4 Å². The van der Waals surface area contributed by atoms with E-state index in [0.29, 0.717) is 23.2 Å². The number of hydrogen-bond donors (Lipinski definition) is 2. The number of amides is 1. The van der Waals surface area contributed by atoms with E-state index >= 15 is 0 Å². The molecule has 4 aliphatic rings. The Hall–Kier alpha value is -0.830. The first-order chi connectivity index (χ1) is 15.1. The lowest BCUT2D eigenvalue weighted by atomic mass is 9.46. The van der Waals surface area contributed by atoms with Gasteiger partial charge in [-0.25, -0.2) is 0 Å². The van der Waals surface area contributed by atoms with Crippen LogP contribution in [0, 0.1) is 46.3 Å². The number of carbonyl (C=O) groups is 1. The first-order valence-electron chi connectivity index (χ1n) is 13.7. The summed E-state index contributed by atoms with van der Waals surface area (Å²) in [5.74, 6) is 4.42. The molecule has 0 aromatic heterocycles. The summed E-state index contributed by atoms with van der Waals surface area (Å²) in [4.78, 5) is 12.2. The first kappa shape index (κ1) is 24.3. The SMILES string of the molecule is CC(=O)N[C@@H]1C=C2C[C@@H](O)CC[C@]2(C)[C@@H]2CC[C@]3(C)[C@H](CC[C@H]3[C@H](C)CCCC(C)C)[C@H]21. The van der Waals surface area contributed by atoms with Crippen molar-refractivity contribution in [3.8, 4) is 0 Å². The zero-order valence-electron chi connectivity index (χ0n) is 21.6. The minimum absolute atomic E-state index is 0.0921. The van der Waals surface area contributed by atoms with Crippen molar-refractivity contribution in [3.05, 3.63) is 11.6 Å². The summed E-state index contributed by atoms with van der Waals surface area (Å²) in [5, 5.41) is 13.8. The number of aliphatic hydroxyl groups is 1. The van der Waals surface area contributed by atoms with E-state index < -0.39 is 0 Å². The predicted molar refractivity (Wildman–Crippen MR) is 132 cm³/mol. The van der Waals surface area contributed by atoms with Gasteiger partial charge in [0.1, 0.15) is 0 Å². The molecule has 32 heavy (non-hydrogen) atoms. The second-order valence-electron chi connectivity index (χ2n) is 13.1. The van der Waals surface area contributed by atoms with E-state index in [1.165, 1.54) is 50.5 Å². The van der Waals surface area contributed by atoms with Gasteiger partial charge in [0, 0.05) is 6.92 Å². The summed E-state index contributed by atoms with van der Waals surface area (Å²) in [5.41, 5.74) is 2.04. The fraction of sp³-hybridized carbons (Fsp3) is 0.897. The van der Waals surface area contributed by atoms with Gasteiger partial charge in [-0.05, 0) is 91.3 Å². The molecule has 4 rings (SSSR count). The van der Waals surface area contributed by atoms with E-state index in [1.807, 2.05) is 0 Å². The molecule has 0 heterocycles. The second kappa shape index (κ2) is 9.08. The maximum atomic E-state index is 12.2. The van der Waals surface area contributed by atoms with Crippen molar-refractivity contribution in [2.75, 3.05) is 0 Å². The number of carbonyl (C=O) groups excluding carboxylic acids is 1. The van der Waals surface area contributed by atoms with Crippen LogP contribution in [0.3, 0.4) is 0 Å². The molecule has 0 spiro atoms. The molecule has 1 amide bonds. The van der Waals surface area contributed by atoms with Gasteiger partial charge in [-0.2, -0.15) is 0 Å². The molecule has 3 nitrogen and oxygen atoms in total. The molecule has 0 aromatic carbocycles. The number of nitrogens with one attached hydrogen (secondary N) is 1. The van der Waals surface area contributed by atoms with Gasteiger partial charge in [0.05, 0.1) is 12.1 Å². The summed E-state index contributed by atoms with van der Waals surface area (Å²) in [6, 6.07) is 0.144. The van der Waals surface area contributed by atoms with Crippen molar-refractivity contribution in [2.24, 2.45) is 46.3 Å². The third kappa shape index (κ3) is 4.21. The molecule has 3 fully saturated rings. The number of rotatable bonds is 6. The van der Waals surface area contributed by atoms with Gasteiger partial charge in [-0.1, -0.05) is 65.5 Å². The fourth-order valence-corrected chi connectivity index (χ4v) is 9.06. The highest BCUT2D eigenvalue weighted by molar-refractivity contribution is 5.73. The molecular weight excluding hydrogens is 394 g/mol. The normalized spacial score (nSPS) is 44.3. The Bertz CT molecular complexity index is 729. The van der Waals surface area contributed by atoms with Crippen LogP contribution in [0.5, 0.6) is 0 Å². The lowest BCUT2D eigenvalue weighted by Gasteiger charge is -2.60. The van der Waals surface area contributed by atoms with Crippen molar-refractivity contribution in [1.29, 1.82) is 0 Å². The molecular formula is C29H49NO2. The first-order valence-corrected chi connectivity index (χ1v) is 13.7. The van der Waals surface area contributed by atoms with Crippen molar-refractivity contribution >= 4 is 5.91 Å². The van der Waals surface area contributed by atoms with Crippen LogP contribution in [0.2, 0.25) is 0 Å². The highest BCUT2D eigenvalue weighted by Crippen LogP contribution is 2.67. The van der Waals surface area contributed by atoms with Crippen molar-refractivity contribution in [2.45, 2.75) is 118 Å². The van der Waals surface area contributed by atoms with Gasteiger partial charge in [0.15, 0.2) is 0 Å². The fourth-order valence-electron chi connectivity index (χ4n) is 9.06. The zero-order chi connectivity index (χ0) is 23.3. The Morgan fingerprint density at radius 3 is 2.53 bits per heavy atom. The Balaban J connectivity index is 1.60. The lowest BCUT2D eigenvalue weighted by molar-refractivity contribution is -0.122.